The van der Waals surface area contributed by atoms with E-state index >= 15 is 0 Å². The van der Waals surface area contributed by atoms with Crippen LogP contribution in [0.25, 0.3) is 0 Å². The third-order valence-corrected chi connectivity index (χ3v) is 4.46. The van der Waals surface area contributed by atoms with E-state index < -0.39 is 0 Å². The predicted molar refractivity (Wildman–Crippen MR) is 69.0 cm³/mol. The van der Waals surface area contributed by atoms with Gasteiger partial charge < -0.3 is 4.90 Å². The fraction of sp³-hybridized carbons (Fsp3) is 0.600. The Morgan fingerprint density at radius 1 is 1.25 bits per heavy atom. The first kappa shape index (κ1) is 10.2. The second-order valence-electron chi connectivity index (χ2n) is 5.44. The van der Waals surface area contributed by atoms with E-state index in [1.165, 1.54) is 24.9 Å². The molecule has 1 nitrogen and oxygen atoms in total. The summed E-state index contributed by atoms with van der Waals surface area (Å²) in [5.74, 6) is 1.71. The molecule has 3 unspecified atom stereocenters. The van der Waals surface area contributed by atoms with Gasteiger partial charge in [-0.25, -0.2) is 0 Å². The van der Waals surface area contributed by atoms with Crippen molar-refractivity contribution in [3.05, 3.63) is 29.8 Å². The number of hydrogen-bond donors (Lipinski definition) is 0. The molecule has 16 heavy (non-hydrogen) atoms. The van der Waals surface area contributed by atoms with E-state index in [2.05, 4.69) is 43.0 Å². The molecule has 0 bridgehead atoms. The standard InChI is InChI=1S/C15H21N/c1-3-16-14-7-5-4-6-12(14)13-10-11(2)8-9-15(13)16/h4-7,11,13,15H,3,8-10H2,1-2H3. The molecule has 1 fully saturated rings. The summed E-state index contributed by atoms with van der Waals surface area (Å²) >= 11 is 0. The Bertz CT molecular complexity index is 385. The van der Waals surface area contributed by atoms with Gasteiger partial charge in [-0.05, 0) is 43.7 Å². The molecular weight excluding hydrogens is 194 g/mol. The second-order valence-corrected chi connectivity index (χ2v) is 5.44. The van der Waals surface area contributed by atoms with Gasteiger partial charge in [0.1, 0.15) is 0 Å². The van der Waals surface area contributed by atoms with Gasteiger partial charge in [0.05, 0.1) is 0 Å². The molecule has 86 valence electrons. The molecule has 1 aromatic carbocycles. The molecule has 1 aromatic rings. The van der Waals surface area contributed by atoms with E-state index in [4.69, 9.17) is 0 Å². The van der Waals surface area contributed by atoms with Crippen LogP contribution in [0.15, 0.2) is 24.3 Å². The van der Waals surface area contributed by atoms with Crippen LogP contribution in [0.3, 0.4) is 0 Å². The molecule has 2 aliphatic rings. The number of likely N-dealkylation sites (N-methyl/N-ethyl adjacent to an activating group) is 1. The summed E-state index contributed by atoms with van der Waals surface area (Å²) in [7, 11) is 0. The highest BCUT2D eigenvalue weighted by Crippen LogP contribution is 2.48. The number of benzene rings is 1. The maximum absolute atomic E-state index is 2.63. The predicted octanol–water partition coefficient (Wildman–Crippen LogP) is 3.80. The SMILES string of the molecule is CCN1c2ccccc2C2CC(C)CCC21. The van der Waals surface area contributed by atoms with Crippen LogP contribution < -0.4 is 4.90 Å². The summed E-state index contributed by atoms with van der Waals surface area (Å²) in [4.78, 5) is 2.63. The van der Waals surface area contributed by atoms with Crippen molar-refractivity contribution >= 4 is 5.69 Å². The first-order valence-corrected chi connectivity index (χ1v) is 6.66. The van der Waals surface area contributed by atoms with E-state index in [1.807, 2.05) is 0 Å². The Hall–Kier alpha value is -0.980. The zero-order chi connectivity index (χ0) is 11.1. The highest BCUT2D eigenvalue weighted by molar-refractivity contribution is 5.62. The van der Waals surface area contributed by atoms with E-state index in [1.54, 1.807) is 5.56 Å². The lowest BCUT2D eigenvalue weighted by Crippen LogP contribution is -2.37. The van der Waals surface area contributed by atoms with Gasteiger partial charge in [-0.1, -0.05) is 25.1 Å². The van der Waals surface area contributed by atoms with Crippen LogP contribution in [0.4, 0.5) is 5.69 Å². The van der Waals surface area contributed by atoms with Crippen LogP contribution in [-0.2, 0) is 0 Å². The average molecular weight is 215 g/mol. The van der Waals surface area contributed by atoms with Crippen molar-refractivity contribution in [2.75, 3.05) is 11.4 Å². The minimum atomic E-state index is 0.790. The molecule has 1 aliphatic carbocycles. The van der Waals surface area contributed by atoms with Gasteiger partial charge in [0.15, 0.2) is 0 Å². The van der Waals surface area contributed by atoms with Crippen molar-refractivity contribution < 1.29 is 0 Å². The lowest BCUT2D eigenvalue weighted by atomic mass is 9.77. The van der Waals surface area contributed by atoms with E-state index in [0.29, 0.717) is 0 Å². The fourth-order valence-electron chi connectivity index (χ4n) is 3.72. The smallest absolute Gasteiger partial charge is 0.0405 e. The van der Waals surface area contributed by atoms with Gasteiger partial charge in [-0.15, -0.1) is 0 Å². The molecule has 1 heterocycles. The van der Waals surface area contributed by atoms with Crippen LogP contribution in [0.5, 0.6) is 0 Å². The van der Waals surface area contributed by atoms with Crippen LogP contribution in [0.1, 0.15) is 44.6 Å². The van der Waals surface area contributed by atoms with E-state index in [-0.39, 0.29) is 0 Å². The van der Waals surface area contributed by atoms with Gasteiger partial charge in [0.2, 0.25) is 0 Å². The molecule has 1 heteroatoms. The molecule has 0 aromatic heterocycles. The summed E-state index contributed by atoms with van der Waals surface area (Å²) in [6.07, 6.45) is 4.18. The lowest BCUT2D eigenvalue weighted by Gasteiger charge is -2.35. The molecule has 0 saturated heterocycles. The Morgan fingerprint density at radius 3 is 2.88 bits per heavy atom. The Labute approximate surface area is 98.5 Å². The summed E-state index contributed by atoms with van der Waals surface area (Å²) in [5.41, 5.74) is 3.12. The zero-order valence-electron chi connectivity index (χ0n) is 10.3. The van der Waals surface area contributed by atoms with Crippen molar-refractivity contribution in [3.63, 3.8) is 0 Å². The van der Waals surface area contributed by atoms with Gasteiger partial charge >= 0.3 is 0 Å². The highest BCUT2D eigenvalue weighted by atomic mass is 15.2. The Balaban J connectivity index is 2.02. The minimum absolute atomic E-state index is 0.790. The number of rotatable bonds is 1. The van der Waals surface area contributed by atoms with Crippen LogP contribution in [0.2, 0.25) is 0 Å². The molecule has 3 rings (SSSR count). The zero-order valence-corrected chi connectivity index (χ0v) is 10.3. The van der Waals surface area contributed by atoms with Gasteiger partial charge in [0.25, 0.3) is 0 Å². The van der Waals surface area contributed by atoms with Crippen LogP contribution in [0, 0.1) is 5.92 Å². The monoisotopic (exact) mass is 215 g/mol. The number of fused-ring (bicyclic) bond motifs is 3. The molecule has 0 radical (unpaired) electrons. The summed E-state index contributed by atoms with van der Waals surface area (Å²) in [6, 6.07) is 9.83. The Kier molecular flexibility index (Phi) is 2.42. The quantitative estimate of drug-likeness (QED) is 0.688. The van der Waals surface area contributed by atoms with Crippen molar-refractivity contribution in [2.24, 2.45) is 5.92 Å². The normalized spacial score (nSPS) is 32.4. The topological polar surface area (TPSA) is 3.24 Å². The summed E-state index contributed by atoms with van der Waals surface area (Å²) < 4.78 is 0. The summed E-state index contributed by atoms with van der Waals surface area (Å²) in [6.45, 7) is 5.86. The lowest BCUT2D eigenvalue weighted by molar-refractivity contribution is 0.310. The number of nitrogens with zero attached hydrogens (tertiary/aromatic N) is 1. The minimum Gasteiger partial charge on any atom is -0.368 e. The first-order chi connectivity index (χ1) is 7.81. The van der Waals surface area contributed by atoms with Gasteiger partial charge in [-0.3, -0.25) is 0 Å². The maximum Gasteiger partial charge on any atom is 0.0405 e. The fourth-order valence-corrected chi connectivity index (χ4v) is 3.72. The molecule has 0 N–H and O–H groups in total. The van der Waals surface area contributed by atoms with Gasteiger partial charge in [-0.2, -0.15) is 0 Å². The molecule has 3 atom stereocenters. The van der Waals surface area contributed by atoms with Crippen molar-refractivity contribution in [2.45, 2.75) is 45.1 Å². The van der Waals surface area contributed by atoms with Crippen molar-refractivity contribution in [3.8, 4) is 0 Å². The maximum atomic E-state index is 2.63. The third kappa shape index (κ3) is 1.37. The number of hydrogen-bond acceptors (Lipinski definition) is 1. The first-order valence-electron chi connectivity index (χ1n) is 6.66. The second kappa shape index (κ2) is 3.80. The third-order valence-electron chi connectivity index (χ3n) is 4.46. The van der Waals surface area contributed by atoms with Crippen molar-refractivity contribution in [1.29, 1.82) is 0 Å². The van der Waals surface area contributed by atoms with Crippen LogP contribution in [-0.4, -0.2) is 12.6 Å². The summed E-state index contributed by atoms with van der Waals surface area (Å²) in [5, 5.41) is 0. The average Bonchev–Trinajstić information content (AvgIpc) is 2.62. The largest absolute Gasteiger partial charge is 0.368 e. The molecule has 1 aliphatic heterocycles. The molecule has 1 saturated carbocycles. The van der Waals surface area contributed by atoms with Gasteiger partial charge in [0, 0.05) is 24.2 Å². The number of para-hydroxylation sites is 1. The molecular formula is C15H21N. The highest BCUT2D eigenvalue weighted by Gasteiger charge is 2.40. The molecule has 0 spiro atoms. The van der Waals surface area contributed by atoms with E-state index in [9.17, 15) is 0 Å². The number of anilines is 1. The Morgan fingerprint density at radius 2 is 2.06 bits per heavy atom. The van der Waals surface area contributed by atoms with E-state index in [0.717, 1.165) is 24.4 Å². The molecule has 0 amide bonds. The van der Waals surface area contributed by atoms with Crippen molar-refractivity contribution in [1.82, 2.24) is 0 Å². The van der Waals surface area contributed by atoms with Crippen LogP contribution >= 0.6 is 0 Å².